The van der Waals surface area contributed by atoms with Crippen LogP contribution in [0.15, 0.2) is 43.0 Å². The van der Waals surface area contributed by atoms with Gasteiger partial charge in [-0.15, -0.1) is 0 Å². The number of benzene rings is 1. The molecule has 2 aromatic heterocycles. The molecule has 308 valence electrons. The maximum atomic E-state index is 15.4. The molecule has 0 aliphatic carbocycles. The van der Waals surface area contributed by atoms with Gasteiger partial charge in [0.2, 0.25) is 0 Å². The van der Waals surface area contributed by atoms with Crippen LogP contribution >= 0.6 is 7.75 Å². The van der Waals surface area contributed by atoms with E-state index in [-0.39, 0.29) is 65.6 Å². The molecular weight excluding hydrogens is 770 g/mol. The first-order valence-electron chi connectivity index (χ1n) is 19.7. The third kappa shape index (κ3) is 8.61. The van der Waals surface area contributed by atoms with Crippen molar-refractivity contribution in [1.82, 2.24) is 24.2 Å². The number of imidazole rings is 1. The SMILES string of the molecule is CC(C)N(C(C)C)P(=O)(OCCC#N)O[C@@H]1[C@@H]2O[Si](C(C)C)(C(C)C)O[Si](C(C)C)(C(C)C)OC[C@H]2O[C@H]1n1cnc2c(NC(=O)c3ccccc3)ncnc21. The average Bonchev–Trinajstić information content (AvgIpc) is 3.69. The maximum Gasteiger partial charge on any atom is 0.409 e. The zero-order chi connectivity index (χ0) is 41.2. The van der Waals surface area contributed by atoms with Crippen molar-refractivity contribution >= 4 is 47.8 Å². The van der Waals surface area contributed by atoms with Gasteiger partial charge in [-0.1, -0.05) is 73.6 Å². The summed E-state index contributed by atoms with van der Waals surface area (Å²) in [6.45, 7) is 24.9. The van der Waals surface area contributed by atoms with E-state index >= 15 is 4.57 Å². The number of carbonyl (C=O) groups excluding carboxylic acids is 1. The highest BCUT2D eigenvalue weighted by molar-refractivity contribution is 7.51. The molecule has 2 aliphatic heterocycles. The molecule has 1 amide bonds. The van der Waals surface area contributed by atoms with Gasteiger partial charge in [-0.2, -0.15) is 5.26 Å². The van der Waals surface area contributed by atoms with Gasteiger partial charge in [0.15, 0.2) is 23.2 Å². The van der Waals surface area contributed by atoms with Gasteiger partial charge >= 0.3 is 24.9 Å². The Hall–Kier alpha value is -2.89. The van der Waals surface area contributed by atoms with Gasteiger partial charge < -0.3 is 23.0 Å². The molecule has 2 fully saturated rings. The van der Waals surface area contributed by atoms with Gasteiger partial charge in [0, 0.05) is 17.6 Å². The molecule has 2 saturated heterocycles. The molecule has 1 unspecified atom stereocenters. The lowest BCUT2D eigenvalue weighted by Crippen LogP contribution is -2.66. The molecule has 4 heterocycles. The Kier molecular flexibility index (Phi) is 14.2. The lowest BCUT2D eigenvalue weighted by molar-refractivity contribution is -0.0570. The minimum atomic E-state index is -4.18. The smallest absolute Gasteiger partial charge is 0.409 e. The molecule has 0 spiro atoms. The summed E-state index contributed by atoms with van der Waals surface area (Å²) in [4.78, 5) is 26.8. The average molecular weight is 830 g/mol. The normalized spacial score (nSPS) is 23.5. The molecule has 0 bridgehead atoms. The topological polar surface area (TPSA) is 172 Å². The number of anilines is 1. The molecule has 18 heteroatoms. The molecular formula is C38H60N7O8PSi2. The number of nitrogens with zero attached hydrogens (tertiary/aromatic N) is 6. The van der Waals surface area contributed by atoms with Crippen LogP contribution in [0.3, 0.4) is 0 Å². The third-order valence-corrected chi connectivity index (χ3v) is 23.3. The first-order chi connectivity index (χ1) is 26.4. The Morgan fingerprint density at radius 3 is 2.16 bits per heavy atom. The van der Waals surface area contributed by atoms with Gasteiger partial charge in [-0.05, 0) is 62.0 Å². The van der Waals surface area contributed by atoms with Crippen LogP contribution in [-0.2, 0) is 31.3 Å². The van der Waals surface area contributed by atoms with Crippen LogP contribution < -0.4 is 5.32 Å². The highest BCUT2D eigenvalue weighted by atomic mass is 31.2. The minimum absolute atomic E-state index is 0.00645. The van der Waals surface area contributed by atoms with Gasteiger partial charge in [-0.25, -0.2) is 24.2 Å². The van der Waals surface area contributed by atoms with E-state index in [1.54, 1.807) is 39.8 Å². The second-order valence-corrected chi connectivity index (χ2v) is 27.0. The standard InChI is InChI=1S/C38H60N7O8PSi2/c1-24(2)45(25(3)4)54(47,48-20-16-19-39)51-34-33-31(21-49-55(26(5)6,27(7)8)53-56(52-33,28(9)10)29(11)12)50-38(34)44-23-42-32-35(40-22-41-36(32)44)43-37(46)30-17-14-13-15-18-30/h13-15,17-18,22-29,31,33-34,38H,16,20-21H2,1-12H3,(H,40,41,43,46)/t31-,33-,34-,38-,54?/m1/s1. The number of carbonyl (C=O) groups is 1. The fourth-order valence-corrected chi connectivity index (χ4v) is 21.5. The molecule has 5 rings (SSSR count). The first kappa shape index (κ1) is 44.2. The number of nitriles is 1. The Bertz CT molecular complexity index is 1870. The number of nitrogens with one attached hydrogen (secondary N) is 1. The lowest BCUT2D eigenvalue weighted by Gasteiger charge is -2.51. The molecule has 2 aliphatic rings. The third-order valence-electron chi connectivity index (χ3n) is 10.6. The number of ether oxygens (including phenoxy) is 1. The van der Waals surface area contributed by atoms with E-state index in [0.29, 0.717) is 16.7 Å². The van der Waals surface area contributed by atoms with Crippen LogP contribution in [0.5, 0.6) is 0 Å². The van der Waals surface area contributed by atoms with E-state index in [2.05, 4.69) is 81.7 Å². The number of rotatable bonds is 15. The van der Waals surface area contributed by atoms with Crippen LogP contribution in [0, 0.1) is 11.3 Å². The summed E-state index contributed by atoms with van der Waals surface area (Å²) >= 11 is 0. The fraction of sp³-hybridized carbons (Fsp3) is 0.658. The number of aromatic nitrogens is 4. The Balaban J connectivity index is 1.69. The molecule has 1 aromatic carbocycles. The van der Waals surface area contributed by atoms with Crippen molar-refractivity contribution in [2.75, 3.05) is 18.5 Å². The molecule has 15 nitrogen and oxygen atoms in total. The highest BCUT2D eigenvalue weighted by Gasteiger charge is 2.63. The van der Waals surface area contributed by atoms with Crippen LogP contribution in [-0.4, -0.2) is 90.8 Å². The second kappa shape index (κ2) is 17.9. The fourth-order valence-electron chi connectivity index (χ4n) is 8.03. The summed E-state index contributed by atoms with van der Waals surface area (Å²) in [6.07, 6.45) is -0.661. The van der Waals surface area contributed by atoms with Crippen LogP contribution in [0.2, 0.25) is 22.2 Å². The van der Waals surface area contributed by atoms with E-state index in [4.69, 9.17) is 26.8 Å². The predicted octanol–water partition coefficient (Wildman–Crippen LogP) is 8.47. The molecule has 56 heavy (non-hydrogen) atoms. The summed E-state index contributed by atoms with van der Waals surface area (Å²) in [7, 11) is -10.3. The molecule has 3 aromatic rings. The zero-order valence-electron chi connectivity index (χ0n) is 34.8. The number of hydrogen-bond donors (Lipinski definition) is 1. The molecule has 5 atom stereocenters. The van der Waals surface area contributed by atoms with Gasteiger partial charge in [0.1, 0.15) is 24.6 Å². The summed E-state index contributed by atoms with van der Waals surface area (Å²) < 4.78 is 60.8. The highest BCUT2D eigenvalue weighted by Crippen LogP contribution is 2.59. The van der Waals surface area contributed by atoms with E-state index in [1.807, 2.05) is 33.8 Å². The van der Waals surface area contributed by atoms with Crippen molar-refractivity contribution in [3.63, 3.8) is 0 Å². The van der Waals surface area contributed by atoms with Gasteiger partial charge in [0.25, 0.3) is 5.91 Å². The maximum absolute atomic E-state index is 15.4. The predicted molar refractivity (Wildman–Crippen MR) is 218 cm³/mol. The number of amides is 1. The second-order valence-electron chi connectivity index (χ2n) is 16.3. The molecule has 0 saturated carbocycles. The summed E-state index contributed by atoms with van der Waals surface area (Å²) in [6, 6.07) is 10.4. The van der Waals surface area contributed by atoms with Crippen molar-refractivity contribution < 1.29 is 36.1 Å². The van der Waals surface area contributed by atoms with Gasteiger partial charge in [-0.3, -0.25) is 18.4 Å². The van der Waals surface area contributed by atoms with Crippen LogP contribution in [0.1, 0.15) is 106 Å². The van der Waals surface area contributed by atoms with Crippen LogP contribution in [0.25, 0.3) is 11.2 Å². The van der Waals surface area contributed by atoms with Crippen molar-refractivity contribution in [3.05, 3.63) is 48.5 Å². The largest absolute Gasteiger partial charge is 0.414 e. The Morgan fingerprint density at radius 2 is 1.59 bits per heavy atom. The Morgan fingerprint density at radius 1 is 0.964 bits per heavy atom. The Labute approximate surface area is 333 Å². The monoisotopic (exact) mass is 829 g/mol. The summed E-state index contributed by atoms with van der Waals surface area (Å²) in [5, 5.41) is 12.3. The van der Waals surface area contributed by atoms with Crippen molar-refractivity contribution in [2.24, 2.45) is 0 Å². The minimum Gasteiger partial charge on any atom is -0.414 e. The van der Waals surface area contributed by atoms with Crippen molar-refractivity contribution in [3.8, 4) is 6.07 Å². The zero-order valence-corrected chi connectivity index (χ0v) is 37.7. The van der Waals surface area contributed by atoms with E-state index < -0.39 is 49.4 Å². The van der Waals surface area contributed by atoms with Crippen molar-refractivity contribution in [2.45, 2.75) is 148 Å². The molecule has 1 N–H and O–H groups in total. The molecule has 0 radical (unpaired) electrons. The summed E-state index contributed by atoms with van der Waals surface area (Å²) in [5.41, 5.74) is 1.33. The quantitative estimate of drug-likeness (QED) is 0.0879. The number of hydrogen-bond acceptors (Lipinski definition) is 12. The van der Waals surface area contributed by atoms with Crippen molar-refractivity contribution in [1.29, 1.82) is 5.26 Å². The van der Waals surface area contributed by atoms with Gasteiger partial charge in [0.05, 0.1) is 32.0 Å². The lowest BCUT2D eigenvalue weighted by atomic mass is 10.1. The first-order valence-corrected chi connectivity index (χ1v) is 25.2. The van der Waals surface area contributed by atoms with Crippen LogP contribution in [0.4, 0.5) is 5.82 Å². The van der Waals surface area contributed by atoms with E-state index in [9.17, 15) is 10.1 Å². The van der Waals surface area contributed by atoms with E-state index in [0.717, 1.165) is 0 Å². The van der Waals surface area contributed by atoms with E-state index in [1.165, 1.54) is 6.33 Å². The number of fused-ring (bicyclic) bond motifs is 2. The summed E-state index contributed by atoms with van der Waals surface area (Å²) in [5.74, 6) is -0.142.